The molecule has 0 unspecified atom stereocenters. The lowest BCUT2D eigenvalue weighted by Gasteiger charge is -2.21. The van der Waals surface area contributed by atoms with Gasteiger partial charge in [-0.1, -0.05) is 6.92 Å². The Hall–Kier alpha value is -1.80. The Balaban J connectivity index is 2.94. The van der Waals surface area contributed by atoms with Gasteiger partial charge in [0.25, 0.3) is 5.91 Å². The first-order valence-electron chi connectivity index (χ1n) is 6.08. The van der Waals surface area contributed by atoms with Gasteiger partial charge in [-0.15, -0.1) is 0 Å². The molecule has 1 rings (SSSR count). The molecule has 0 spiro atoms. The van der Waals surface area contributed by atoms with E-state index in [1.807, 2.05) is 12.3 Å². The van der Waals surface area contributed by atoms with E-state index in [0.29, 0.717) is 18.0 Å². The van der Waals surface area contributed by atoms with Crippen LogP contribution in [0.2, 0.25) is 0 Å². The van der Waals surface area contributed by atoms with Crippen LogP contribution in [0.5, 0.6) is 5.75 Å². The number of hydrogen-bond donors (Lipinski definition) is 2. The number of carbonyl (C=O) groups excluding carboxylic acids is 1. The molecular formula is C12H19N3O4S. The van der Waals surface area contributed by atoms with Crippen molar-refractivity contribution in [3.05, 3.63) is 24.3 Å². The van der Waals surface area contributed by atoms with Gasteiger partial charge >= 0.3 is 0 Å². The van der Waals surface area contributed by atoms with E-state index in [1.165, 1.54) is 0 Å². The molecule has 0 fully saturated rings. The largest absolute Gasteiger partial charge is 0.494 e. The Morgan fingerprint density at radius 2 is 1.95 bits per heavy atom. The molecule has 0 saturated heterocycles. The third-order valence-electron chi connectivity index (χ3n) is 2.45. The quantitative estimate of drug-likeness (QED) is 0.426. The molecule has 0 heterocycles. The van der Waals surface area contributed by atoms with Crippen molar-refractivity contribution in [2.24, 2.45) is 5.84 Å². The van der Waals surface area contributed by atoms with E-state index in [4.69, 9.17) is 10.6 Å². The van der Waals surface area contributed by atoms with Gasteiger partial charge in [-0.05, 0) is 30.7 Å². The van der Waals surface area contributed by atoms with Crippen LogP contribution in [0.25, 0.3) is 0 Å². The molecule has 1 aromatic carbocycles. The number of nitrogens with zero attached hydrogens (tertiary/aromatic N) is 1. The van der Waals surface area contributed by atoms with Crippen LogP contribution in [0.15, 0.2) is 24.3 Å². The molecule has 0 aliphatic heterocycles. The summed E-state index contributed by atoms with van der Waals surface area (Å²) in [7, 11) is -3.58. The van der Waals surface area contributed by atoms with Crippen LogP contribution in [0.3, 0.4) is 0 Å². The predicted molar refractivity (Wildman–Crippen MR) is 76.7 cm³/mol. The van der Waals surface area contributed by atoms with E-state index >= 15 is 0 Å². The second kappa shape index (κ2) is 7.11. The number of ether oxygens (including phenoxy) is 1. The van der Waals surface area contributed by atoms with Crippen molar-refractivity contribution in [3.63, 3.8) is 0 Å². The number of sulfonamides is 1. The Morgan fingerprint density at radius 3 is 2.40 bits per heavy atom. The Kier molecular flexibility index (Phi) is 5.78. The number of amides is 1. The molecule has 0 aliphatic carbocycles. The fourth-order valence-corrected chi connectivity index (χ4v) is 2.36. The number of benzene rings is 1. The highest BCUT2D eigenvalue weighted by molar-refractivity contribution is 7.92. The summed E-state index contributed by atoms with van der Waals surface area (Å²) in [6, 6.07) is 6.47. The number of nitrogens with one attached hydrogen (secondary N) is 1. The zero-order chi connectivity index (χ0) is 15.2. The number of hydrogen-bond acceptors (Lipinski definition) is 5. The van der Waals surface area contributed by atoms with Gasteiger partial charge in [-0.2, -0.15) is 0 Å². The normalized spacial score (nSPS) is 10.9. The lowest BCUT2D eigenvalue weighted by Crippen LogP contribution is -2.42. The highest BCUT2D eigenvalue weighted by Crippen LogP contribution is 2.21. The molecule has 1 aromatic rings. The smallest absolute Gasteiger partial charge is 0.254 e. The van der Waals surface area contributed by atoms with Crippen LogP contribution < -0.4 is 20.3 Å². The van der Waals surface area contributed by atoms with E-state index in [9.17, 15) is 13.2 Å². The molecule has 0 radical (unpaired) electrons. The lowest BCUT2D eigenvalue weighted by atomic mass is 10.3. The summed E-state index contributed by atoms with van der Waals surface area (Å²) in [5.41, 5.74) is 2.28. The minimum atomic E-state index is -3.58. The molecule has 20 heavy (non-hydrogen) atoms. The molecule has 0 bridgehead atoms. The number of rotatable bonds is 7. The van der Waals surface area contributed by atoms with Gasteiger partial charge in [-0.25, -0.2) is 14.3 Å². The van der Waals surface area contributed by atoms with Gasteiger partial charge in [0.05, 0.1) is 18.6 Å². The van der Waals surface area contributed by atoms with Gasteiger partial charge in [-0.3, -0.25) is 14.5 Å². The van der Waals surface area contributed by atoms with Crippen LogP contribution in [-0.4, -0.2) is 33.7 Å². The zero-order valence-corrected chi connectivity index (χ0v) is 12.3. The van der Waals surface area contributed by atoms with Crippen LogP contribution in [-0.2, 0) is 14.8 Å². The van der Waals surface area contributed by atoms with Gasteiger partial charge < -0.3 is 4.74 Å². The number of nitrogens with two attached hydrogens (primary N) is 1. The molecule has 8 heteroatoms. The monoisotopic (exact) mass is 301 g/mol. The molecule has 3 N–H and O–H groups in total. The van der Waals surface area contributed by atoms with Gasteiger partial charge in [0.2, 0.25) is 10.0 Å². The maximum Gasteiger partial charge on any atom is 0.254 e. The Morgan fingerprint density at radius 1 is 1.35 bits per heavy atom. The zero-order valence-electron chi connectivity index (χ0n) is 11.5. The van der Waals surface area contributed by atoms with Gasteiger partial charge in [0, 0.05) is 0 Å². The van der Waals surface area contributed by atoms with Crippen molar-refractivity contribution in [2.75, 3.05) is 23.7 Å². The standard InChI is InChI=1S/C12H19N3O4S/c1-3-8-19-11-6-4-10(5-7-11)15(20(2,17)18)9-12(16)14-13/h4-7H,3,8-9,13H2,1-2H3,(H,14,16). The van der Waals surface area contributed by atoms with Gasteiger partial charge in [0.15, 0.2) is 0 Å². The van der Waals surface area contributed by atoms with Crippen molar-refractivity contribution < 1.29 is 17.9 Å². The minimum absolute atomic E-state index is 0.371. The van der Waals surface area contributed by atoms with Crippen LogP contribution >= 0.6 is 0 Å². The maximum atomic E-state index is 11.7. The number of hydrazine groups is 1. The molecule has 1 amide bonds. The summed E-state index contributed by atoms with van der Waals surface area (Å²) < 4.78 is 29.8. The first kappa shape index (κ1) is 16.3. The molecule has 0 saturated carbocycles. The molecule has 0 atom stereocenters. The molecule has 0 aromatic heterocycles. The van der Waals surface area contributed by atoms with E-state index in [1.54, 1.807) is 24.3 Å². The molecule has 7 nitrogen and oxygen atoms in total. The Labute approximate surface area is 118 Å². The second-order valence-corrected chi connectivity index (χ2v) is 6.09. The summed E-state index contributed by atoms with van der Waals surface area (Å²) in [5.74, 6) is 5.03. The third-order valence-corrected chi connectivity index (χ3v) is 3.59. The summed E-state index contributed by atoms with van der Waals surface area (Å²) in [6.07, 6.45) is 1.91. The van der Waals surface area contributed by atoms with Gasteiger partial charge in [0.1, 0.15) is 12.3 Å². The van der Waals surface area contributed by atoms with E-state index in [2.05, 4.69) is 0 Å². The maximum absolute atomic E-state index is 11.7. The van der Waals surface area contributed by atoms with Crippen molar-refractivity contribution in [1.29, 1.82) is 0 Å². The summed E-state index contributed by atoms with van der Waals surface area (Å²) >= 11 is 0. The summed E-state index contributed by atoms with van der Waals surface area (Å²) in [5, 5.41) is 0. The summed E-state index contributed by atoms with van der Waals surface area (Å²) in [4.78, 5) is 11.3. The van der Waals surface area contributed by atoms with Crippen molar-refractivity contribution >= 4 is 21.6 Å². The van der Waals surface area contributed by atoms with Crippen LogP contribution in [0.4, 0.5) is 5.69 Å². The van der Waals surface area contributed by atoms with Crippen LogP contribution in [0.1, 0.15) is 13.3 Å². The number of anilines is 1. The highest BCUT2D eigenvalue weighted by Gasteiger charge is 2.20. The fourth-order valence-electron chi connectivity index (χ4n) is 1.50. The SMILES string of the molecule is CCCOc1ccc(N(CC(=O)NN)S(C)(=O)=O)cc1. The van der Waals surface area contributed by atoms with Crippen molar-refractivity contribution in [2.45, 2.75) is 13.3 Å². The fraction of sp³-hybridized carbons (Fsp3) is 0.417. The van der Waals surface area contributed by atoms with Crippen LogP contribution in [0, 0.1) is 0 Å². The molecular weight excluding hydrogens is 282 g/mol. The average Bonchev–Trinajstić information content (AvgIpc) is 2.41. The van der Waals surface area contributed by atoms with E-state index in [-0.39, 0.29) is 6.54 Å². The first-order chi connectivity index (χ1) is 9.38. The lowest BCUT2D eigenvalue weighted by molar-refractivity contribution is -0.119. The van der Waals surface area contributed by atoms with Crippen molar-refractivity contribution in [1.82, 2.24) is 5.43 Å². The third kappa shape index (κ3) is 4.71. The molecule has 0 aliphatic rings. The second-order valence-electron chi connectivity index (χ2n) is 4.18. The highest BCUT2D eigenvalue weighted by atomic mass is 32.2. The minimum Gasteiger partial charge on any atom is -0.494 e. The Bertz CT molecular complexity index is 542. The summed E-state index contributed by atoms with van der Waals surface area (Å²) in [6.45, 7) is 2.21. The average molecular weight is 301 g/mol. The van der Waals surface area contributed by atoms with E-state index < -0.39 is 15.9 Å². The molecule has 112 valence electrons. The van der Waals surface area contributed by atoms with Crippen molar-refractivity contribution in [3.8, 4) is 5.75 Å². The predicted octanol–water partition coefficient (Wildman–Crippen LogP) is 0.231. The van der Waals surface area contributed by atoms with E-state index in [0.717, 1.165) is 17.0 Å². The number of carbonyl (C=O) groups is 1. The first-order valence-corrected chi connectivity index (χ1v) is 7.93. The topological polar surface area (TPSA) is 102 Å².